The van der Waals surface area contributed by atoms with Crippen LogP contribution in [0.4, 0.5) is 0 Å². The van der Waals surface area contributed by atoms with Gasteiger partial charge in [0.2, 0.25) is 5.89 Å². The first kappa shape index (κ1) is 14.4. The number of amides is 1. The first-order valence-corrected chi connectivity index (χ1v) is 6.33. The lowest BCUT2D eigenvalue weighted by Gasteiger charge is -2.11. The lowest BCUT2D eigenvalue weighted by atomic mass is 10.2. The molecule has 0 aromatic carbocycles. The first-order chi connectivity index (χ1) is 9.61. The molecule has 1 aromatic rings. The zero-order valence-corrected chi connectivity index (χ0v) is 10.7. The van der Waals surface area contributed by atoms with E-state index in [1.54, 1.807) is 0 Å². The van der Waals surface area contributed by atoms with Gasteiger partial charge in [-0.2, -0.15) is 4.98 Å². The van der Waals surface area contributed by atoms with Crippen molar-refractivity contribution in [3.63, 3.8) is 0 Å². The van der Waals surface area contributed by atoms with Crippen molar-refractivity contribution in [1.82, 2.24) is 20.8 Å². The molecule has 9 heteroatoms. The molecule has 0 aliphatic carbocycles. The van der Waals surface area contributed by atoms with Gasteiger partial charge in [-0.15, -0.1) is 0 Å². The molecule has 0 saturated carbocycles. The average molecular weight is 284 g/mol. The van der Waals surface area contributed by atoms with Crippen LogP contribution in [-0.4, -0.2) is 51.4 Å². The molecule has 1 amide bonds. The lowest BCUT2D eigenvalue weighted by molar-refractivity contribution is -0.139. The number of nitrogens with zero attached hydrogens (tertiary/aromatic N) is 2. The first-order valence-electron chi connectivity index (χ1n) is 6.33. The number of aliphatic hydroxyl groups excluding tert-OH is 1. The van der Waals surface area contributed by atoms with Gasteiger partial charge in [-0.05, 0) is 19.4 Å². The highest BCUT2D eigenvalue weighted by Crippen LogP contribution is 2.20. The van der Waals surface area contributed by atoms with E-state index in [2.05, 4.69) is 20.8 Å². The molecule has 110 valence electrons. The maximum Gasteiger partial charge on any atom is 0.326 e. The number of aliphatic hydroxyl groups is 1. The molecule has 0 radical (unpaired) electrons. The number of carboxylic acids is 1. The Bertz CT molecular complexity index is 483. The van der Waals surface area contributed by atoms with E-state index in [9.17, 15) is 9.59 Å². The van der Waals surface area contributed by atoms with E-state index in [1.165, 1.54) is 0 Å². The largest absolute Gasteiger partial charge is 0.480 e. The molecule has 9 nitrogen and oxygen atoms in total. The minimum absolute atomic E-state index is 0.0586. The highest BCUT2D eigenvalue weighted by Gasteiger charge is 2.26. The van der Waals surface area contributed by atoms with Crippen LogP contribution in [-0.2, 0) is 4.79 Å². The van der Waals surface area contributed by atoms with Gasteiger partial charge in [-0.3, -0.25) is 4.79 Å². The highest BCUT2D eigenvalue weighted by atomic mass is 16.5. The van der Waals surface area contributed by atoms with E-state index in [0.717, 1.165) is 19.4 Å². The molecule has 2 rings (SSSR count). The Morgan fingerprint density at radius 3 is 2.95 bits per heavy atom. The summed E-state index contributed by atoms with van der Waals surface area (Å²) in [5.41, 5.74) is 0. The lowest BCUT2D eigenvalue weighted by Crippen LogP contribution is -2.41. The van der Waals surface area contributed by atoms with E-state index in [-0.39, 0.29) is 24.9 Å². The zero-order valence-electron chi connectivity index (χ0n) is 10.7. The zero-order chi connectivity index (χ0) is 14.5. The summed E-state index contributed by atoms with van der Waals surface area (Å²) >= 11 is 0. The molecule has 0 bridgehead atoms. The van der Waals surface area contributed by atoms with Gasteiger partial charge in [-0.1, -0.05) is 5.16 Å². The Labute approximate surface area is 114 Å². The van der Waals surface area contributed by atoms with Crippen molar-refractivity contribution in [3.05, 3.63) is 11.7 Å². The number of carboxylic acid groups (broad SMARTS) is 1. The summed E-state index contributed by atoms with van der Waals surface area (Å²) in [6.45, 7) is 0.507. The summed E-state index contributed by atoms with van der Waals surface area (Å²) < 4.78 is 4.99. The second kappa shape index (κ2) is 6.44. The minimum atomic E-state index is -1.23. The van der Waals surface area contributed by atoms with Gasteiger partial charge in [0.05, 0.1) is 6.04 Å². The van der Waals surface area contributed by atoms with Crippen molar-refractivity contribution in [2.75, 3.05) is 13.2 Å². The Kier molecular flexibility index (Phi) is 4.64. The number of rotatable bonds is 6. The van der Waals surface area contributed by atoms with Crippen LogP contribution in [0, 0.1) is 0 Å². The van der Waals surface area contributed by atoms with Gasteiger partial charge in [0.1, 0.15) is 6.04 Å². The quantitative estimate of drug-likeness (QED) is 0.525. The predicted molar refractivity (Wildman–Crippen MR) is 64.9 cm³/mol. The molecular formula is C11H16N4O5. The number of carbonyl (C=O) groups is 2. The van der Waals surface area contributed by atoms with Crippen LogP contribution < -0.4 is 10.6 Å². The van der Waals surface area contributed by atoms with Gasteiger partial charge in [0, 0.05) is 13.0 Å². The monoisotopic (exact) mass is 284 g/mol. The number of hydrogen-bond donors (Lipinski definition) is 4. The van der Waals surface area contributed by atoms with Gasteiger partial charge < -0.3 is 25.4 Å². The van der Waals surface area contributed by atoms with Crippen LogP contribution in [0.3, 0.4) is 0 Å². The van der Waals surface area contributed by atoms with Crippen LogP contribution >= 0.6 is 0 Å². The molecular weight excluding hydrogens is 268 g/mol. The molecule has 1 saturated heterocycles. The van der Waals surface area contributed by atoms with Crippen LogP contribution in [0.25, 0.3) is 0 Å². The van der Waals surface area contributed by atoms with Crippen molar-refractivity contribution < 1.29 is 24.3 Å². The number of aromatic nitrogens is 2. The fourth-order valence-electron chi connectivity index (χ4n) is 1.97. The molecule has 1 aromatic heterocycles. The highest BCUT2D eigenvalue weighted by molar-refractivity contribution is 5.93. The van der Waals surface area contributed by atoms with Crippen LogP contribution in [0.2, 0.25) is 0 Å². The fraction of sp³-hybridized carbons (Fsp3) is 0.636. The van der Waals surface area contributed by atoms with Crippen LogP contribution in [0.1, 0.15) is 41.8 Å². The van der Waals surface area contributed by atoms with Crippen molar-refractivity contribution in [1.29, 1.82) is 0 Å². The number of hydrogen-bond acceptors (Lipinski definition) is 7. The molecule has 1 unspecified atom stereocenters. The molecule has 0 spiro atoms. The summed E-state index contributed by atoms with van der Waals surface area (Å²) in [4.78, 5) is 26.6. The summed E-state index contributed by atoms with van der Waals surface area (Å²) in [5, 5.41) is 26.5. The second-order valence-electron chi connectivity index (χ2n) is 4.48. The van der Waals surface area contributed by atoms with E-state index in [0.29, 0.717) is 5.89 Å². The van der Waals surface area contributed by atoms with Crippen LogP contribution in [0.15, 0.2) is 4.52 Å². The van der Waals surface area contributed by atoms with Gasteiger partial charge >= 0.3 is 5.97 Å². The molecule has 2 atom stereocenters. The normalized spacial score (nSPS) is 19.8. The number of carbonyl (C=O) groups excluding carboxylic acids is 1. The second-order valence-corrected chi connectivity index (χ2v) is 4.48. The maximum atomic E-state index is 11.8. The van der Waals surface area contributed by atoms with Crippen molar-refractivity contribution in [2.24, 2.45) is 0 Å². The third-order valence-corrected chi connectivity index (χ3v) is 3.02. The Balaban J connectivity index is 1.99. The smallest absolute Gasteiger partial charge is 0.326 e. The van der Waals surface area contributed by atoms with E-state index in [4.69, 9.17) is 14.7 Å². The summed E-state index contributed by atoms with van der Waals surface area (Å²) in [6, 6.07) is -1.24. The minimum Gasteiger partial charge on any atom is -0.480 e. The number of nitrogens with one attached hydrogen (secondary N) is 2. The molecule has 1 fully saturated rings. The third kappa shape index (κ3) is 3.31. The molecule has 1 aliphatic heterocycles. The molecule has 2 heterocycles. The molecule has 20 heavy (non-hydrogen) atoms. The maximum absolute atomic E-state index is 11.8. The molecule has 4 N–H and O–H groups in total. The van der Waals surface area contributed by atoms with Crippen LogP contribution in [0.5, 0.6) is 0 Å². The van der Waals surface area contributed by atoms with E-state index in [1.807, 2.05) is 0 Å². The summed E-state index contributed by atoms with van der Waals surface area (Å²) in [6.07, 6.45) is 1.76. The van der Waals surface area contributed by atoms with Crippen molar-refractivity contribution in [2.45, 2.75) is 31.3 Å². The Hall–Kier alpha value is -2.00. The van der Waals surface area contributed by atoms with Gasteiger partial charge in [0.25, 0.3) is 11.7 Å². The predicted octanol–water partition coefficient (Wildman–Crippen LogP) is -0.940. The Morgan fingerprint density at radius 2 is 2.35 bits per heavy atom. The fourth-order valence-corrected chi connectivity index (χ4v) is 1.97. The summed E-state index contributed by atoms with van der Waals surface area (Å²) in [5.74, 6) is -1.85. The third-order valence-electron chi connectivity index (χ3n) is 3.02. The topological polar surface area (TPSA) is 138 Å². The summed E-state index contributed by atoms with van der Waals surface area (Å²) in [7, 11) is 0. The average Bonchev–Trinajstić information content (AvgIpc) is 3.08. The Morgan fingerprint density at radius 1 is 1.55 bits per heavy atom. The number of aliphatic carboxylic acids is 1. The molecule has 1 aliphatic rings. The van der Waals surface area contributed by atoms with Crippen molar-refractivity contribution in [3.8, 4) is 0 Å². The van der Waals surface area contributed by atoms with E-state index >= 15 is 0 Å². The van der Waals surface area contributed by atoms with E-state index < -0.39 is 17.9 Å². The standard InChI is InChI=1S/C11H16N4O5/c16-5-3-7(11(18)19)13-9(17)8-14-10(20-15-8)6-2-1-4-12-6/h6-7,12,16H,1-5H2,(H,13,17)(H,18,19)/t6?,7-/m1/s1. The van der Waals surface area contributed by atoms with Gasteiger partial charge in [-0.25, -0.2) is 4.79 Å². The van der Waals surface area contributed by atoms with Crippen molar-refractivity contribution >= 4 is 11.9 Å². The van der Waals surface area contributed by atoms with Gasteiger partial charge in [0.15, 0.2) is 0 Å². The SMILES string of the molecule is O=C(N[C@H](CCO)C(=O)O)c1noc(C2CCCN2)n1.